The summed E-state index contributed by atoms with van der Waals surface area (Å²) < 4.78 is 50.1. The quantitative estimate of drug-likeness (QED) is 0.291. The van der Waals surface area contributed by atoms with Crippen LogP contribution in [0.5, 0.6) is 0 Å². The summed E-state index contributed by atoms with van der Waals surface area (Å²) in [6, 6.07) is 4.33. The predicted molar refractivity (Wildman–Crippen MR) is 181 cm³/mol. The molecule has 0 bridgehead atoms. The molecule has 1 aliphatic carbocycles. The summed E-state index contributed by atoms with van der Waals surface area (Å²) in [5.74, 6) is -3.98. The van der Waals surface area contributed by atoms with Crippen LogP contribution in [0.15, 0.2) is 5.16 Å². The summed E-state index contributed by atoms with van der Waals surface area (Å²) in [4.78, 5) is 39.2. The molecule has 19 heteroatoms. The lowest BCUT2D eigenvalue weighted by molar-refractivity contribution is -0.00845. The monoisotopic (exact) mass is 746 g/mol. The Labute approximate surface area is 298 Å². The van der Waals surface area contributed by atoms with Crippen molar-refractivity contribution in [2.24, 2.45) is 0 Å². The number of thiophene rings is 1. The van der Waals surface area contributed by atoms with Crippen molar-refractivity contribution in [3.8, 4) is 12.1 Å². The van der Waals surface area contributed by atoms with Crippen molar-refractivity contribution >= 4 is 62.8 Å². The summed E-state index contributed by atoms with van der Waals surface area (Å²) in [5, 5.41) is 27.6. The molecule has 3 aliphatic rings. The number of halogens is 3. The van der Waals surface area contributed by atoms with Gasteiger partial charge in [0.05, 0.1) is 29.4 Å². The Morgan fingerprint density at radius 1 is 1.10 bits per heavy atom. The lowest BCUT2D eigenvalue weighted by atomic mass is 9.74. The highest BCUT2D eigenvalue weighted by Crippen LogP contribution is 2.53. The van der Waals surface area contributed by atoms with E-state index in [1.165, 1.54) is 41.5 Å². The average Bonchev–Trinajstić information content (AvgIpc) is 3.60. The maximum absolute atomic E-state index is 15.5. The molecule has 14 nitrogen and oxygen atoms in total. The number of carbonyl (C=O) groups excluding carboxylic acids is 2. The number of nitrogens with one attached hydrogen (secondary N) is 1. The Morgan fingerprint density at radius 2 is 1.74 bits per heavy atom. The molecule has 1 fully saturated rings. The van der Waals surface area contributed by atoms with Crippen LogP contribution in [0.4, 0.5) is 30.2 Å². The maximum atomic E-state index is 15.5. The van der Waals surface area contributed by atoms with Crippen LogP contribution in [0, 0.1) is 22.7 Å². The van der Waals surface area contributed by atoms with Gasteiger partial charge in [0.1, 0.15) is 41.1 Å². The van der Waals surface area contributed by atoms with Gasteiger partial charge in [-0.05, 0) is 39.2 Å². The molecule has 264 valence electrons. The summed E-state index contributed by atoms with van der Waals surface area (Å²) in [6.45, 7) is 3.86. The number of alkyl halides is 2. The number of ether oxygens (including phenoxy) is 1. The zero-order valence-corrected chi connectivity index (χ0v) is 30.4. The summed E-state index contributed by atoms with van der Waals surface area (Å²) in [7, 11) is 2.98. The second kappa shape index (κ2) is 12.5. The topological polar surface area (TPSA) is 179 Å². The Balaban J connectivity index is 1.35. The van der Waals surface area contributed by atoms with Crippen LogP contribution in [-0.4, -0.2) is 92.7 Å². The van der Waals surface area contributed by atoms with Gasteiger partial charge in [-0.2, -0.15) is 25.6 Å². The summed E-state index contributed by atoms with van der Waals surface area (Å²) >= 11 is 6.11. The molecule has 1 atom stereocenters. The van der Waals surface area contributed by atoms with E-state index in [-0.39, 0.29) is 45.3 Å². The smallest absolute Gasteiger partial charge is 0.412 e. The van der Waals surface area contributed by atoms with E-state index in [0.717, 1.165) is 15.1 Å². The Morgan fingerprint density at radius 3 is 2.32 bits per heavy atom. The number of nitriles is 2. The minimum Gasteiger partial charge on any atom is -0.609 e. The first kappa shape index (κ1) is 35.6. The van der Waals surface area contributed by atoms with Gasteiger partial charge in [0.2, 0.25) is 0 Å². The van der Waals surface area contributed by atoms with Crippen molar-refractivity contribution in [2.45, 2.75) is 68.8 Å². The molecule has 1 spiro atoms. The second-order valence-electron chi connectivity index (χ2n) is 13.8. The van der Waals surface area contributed by atoms with Gasteiger partial charge >= 0.3 is 11.2 Å². The molecular weight excluding hydrogens is 714 g/mol. The van der Waals surface area contributed by atoms with Crippen LogP contribution >= 0.6 is 22.9 Å². The molecular formula is C31H33ClF2N10O4S2. The van der Waals surface area contributed by atoms with Crippen LogP contribution in [-0.2, 0) is 40.8 Å². The van der Waals surface area contributed by atoms with Crippen molar-refractivity contribution in [1.29, 1.82) is 10.5 Å². The van der Waals surface area contributed by atoms with Crippen LogP contribution in [0.25, 0.3) is 0 Å². The number of aryl methyl sites for hydroxylation is 1. The lowest BCUT2D eigenvalue weighted by Crippen LogP contribution is -2.59. The molecule has 0 radical (unpaired) electrons. The van der Waals surface area contributed by atoms with E-state index in [4.69, 9.17) is 16.3 Å². The van der Waals surface area contributed by atoms with Gasteiger partial charge in [0.15, 0.2) is 17.3 Å². The lowest BCUT2D eigenvalue weighted by Gasteiger charge is -2.49. The second-order valence-corrected chi connectivity index (χ2v) is 16.5. The molecule has 5 heterocycles. The SMILES string of the molecule is CN(C)C(=O)c1nn2c(c1Cl)CN(c1nc([S+](C)[O-])nc(N3CC4(CCc5sc(NC(=O)OC(C)(C)C)c(C#N)c54)C3)c1C#N)CC(F)(F)C2. The van der Waals surface area contributed by atoms with Gasteiger partial charge in [-0.15, -0.1) is 11.3 Å². The molecule has 50 heavy (non-hydrogen) atoms. The first-order chi connectivity index (χ1) is 23.4. The zero-order chi connectivity index (χ0) is 36.5. The van der Waals surface area contributed by atoms with Gasteiger partial charge < -0.3 is 24.0 Å². The number of carbonyl (C=O) groups is 2. The molecule has 1 N–H and O–H groups in total. The summed E-state index contributed by atoms with van der Waals surface area (Å²) in [6.07, 6.45) is 2.04. The molecule has 0 aromatic carbocycles. The number of amides is 2. The van der Waals surface area contributed by atoms with Crippen LogP contribution in [0.2, 0.25) is 5.02 Å². The van der Waals surface area contributed by atoms with E-state index in [1.54, 1.807) is 25.7 Å². The fraction of sp³-hybridized carbons (Fsp3) is 0.516. The Bertz CT molecular complexity index is 1990. The predicted octanol–water partition coefficient (Wildman–Crippen LogP) is 4.28. The van der Waals surface area contributed by atoms with Crippen molar-refractivity contribution in [2.75, 3.05) is 55.1 Å². The average molecular weight is 747 g/mol. The third-order valence-corrected chi connectivity index (χ3v) is 10.9. The minimum atomic E-state index is -3.39. The molecule has 2 aliphatic heterocycles. The van der Waals surface area contributed by atoms with E-state index in [1.807, 2.05) is 0 Å². The minimum absolute atomic E-state index is 0.0928. The fourth-order valence-electron chi connectivity index (χ4n) is 6.58. The number of hydrogen-bond donors (Lipinski definition) is 1. The number of hydrogen-bond acceptors (Lipinski definition) is 12. The first-order valence-corrected chi connectivity index (χ1v) is 18.2. The molecule has 2 amide bonds. The molecule has 6 rings (SSSR count). The number of rotatable bonds is 5. The molecule has 0 saturated carbocycles. The fourth-order valence-corrected chi connectivity index (χ4v) is 8.54. The van der Waals surface area contributed by atoms with Crippen LogP contribution in [0.1, 0.15) is 64.9 Å². The first-order valence-electron chi connectivity index (χ1n) is 15.4. The van der Waals surface area contributed by atoms with Crippen molar-refractivity contribution < 1.29 is 27.7 Å². The van der Waals surface area contributed by atoms with E-state index < -0.39 is 53.2 Å². The number of nitrogens with zero attached hydrogens (tertiary/aromatic N) is 9. The third-order valence-electron chi connectivity index (χ3n) is 8.62. The number of fused-ring (bicyclic) bond motifs is 3. The molecule has 1 saturated heterocycles. The van der Waals surface area contributed by atoms with Gasteiger partial charge in [-0.1, -0.05) is 11.6 Å². The standard InChI is InChI=1S/C31H33ClF2N10O4S2/c1-29(2,3)48-28(46)39-25-16(9-35)20-19(49-25)7-8-30(20)12-43(13-30)24-17(10-36)23(37-27(38-24)50(6)47)42-11-18-21(32)22(26(45)41(4)5)40-44(18)15-31(33,34)14-42/h7-8,11-15H2,1-6H3,(H,39,46). The number of aromatic nitrogens is 4. The molecule has 3 aromatic heterocycles. The normalized spacial score (nSPS) is 17.9. The van der Waals surface area contributed by atoms with Crippen LogP contribution in [0.3, 0.4) is 0 Å². The third kappa shape index (κ3) is 6.30. The van der Waals surface area contributed by atoms with E-state index in [0.29, 0.717) is 36.5 Å². The van der Waals surface area contributed by atoms with Crippen LogP contribution < -0.4 is 15.1 Å². The van der Waals surface area contributed by atoms with Gasteiger partial charge in [-0.25, -0.2) is 13.6 Å². The van der Waals surface area contributed by atoms with E-state index in [9.17, 15) is 24.7 Å². The van der Waals surface area contributed by atoms with E-state index in [2.05, 4.69) is 32.5 Å². The molecule has 3 aromatic rings. The maximum Gasteiger partial charge on any atom is 0.412 e. The summed E-state index contributed by atoms with van der Waals surface area (Å²) in [5.41, 5.74) is -0.213. The number of anilines is 3. The van der Waals surface area contributed by atoms with E-state index >= 15 is 8.78 Å². The Hall–Kier alpha value is -4.23. The van der Waals surface area contributed by atoms with Crippen molar-refractivity contribution in [3.05, 3.63) is 38.0 Å². The highest BCUT2D eigenvalue weighted by atomic mass is 35.5. The largest absolute Gasteiger partial charge is 0.609 e. The van der Waals surface area contributed by atoms with Gasteiger partial charge in [-0.3, -0.25) is 14.8 Å². The van der Waals surface area contributed by atoms with Gasteiger partial charge in [0, 0.05) is 48.7 Å². The van der Waals surface area contributed by atoms with Gasteiger partial charge in [0.25, 0.3) is 11.8 Å². The van der Waals surface area contributed by atoms with Crippen molar-refractivity contribution in [3.63, 3.8) is 0 Å². The zero-order valence-electron chi connectivity index (χ0n) is 28.1. The van der Waals surface area contributed by atoms with Crippen molar-refractivity contribution in [1.82, 2.24) is 24.6 Å². The Kier molecular flexibility index (Phi) is 8.91. The highest BCUT2D eigenvalue weighted by molar-refractivity contribution is 7.90. The highest BCUT2D eigenvalue weighted by Gasteiger charge is 2.53. The molecule has 1 unspecified atom stereocenters.